The van der Waals surface area contributed by atoms with E-state index < -0.39 is 12.8 Å². The molecular weight excluding hydrogens is 351 g/mol. The van der Waals surface area contributed by atoms with Gasteiger partial charge in [-0.15, -0.1) is 0 Å². The second kappa shape index (κ2) is 8.14. The SMILES string of the molecule is CCNC(COCC(F)(F)F)Cc1c(Br)c(CC)nn1C. The minimum Gasteiger partial charge on any atom is -0.370 e. The van der Waals surface area contributed by atoms with Crippen LogP contribution in [0.5, 0.6) is 0 Å². The minimum absolute atomic E-state index is 0.00638. The van der Waals surface area contributed by atoms with Gasteiger partial charge in [-0.05, 0) is 28.9 Å². The van der Waals surface area contributed by atoms with Crippen LogP contribution in [0.1, 0.15) is 25.2 Å². The van der Waals surface area contributed by atoms with E-state index in [-0.39, 0.29) is 12.6 Å². The molecule has 1 aromatic rings. The average Bonchev–Trinajstić information content (AvgIpc) is 2.64. The number of aromatic nitrogens is 2. The molecule has 0 aliphatic carbocycles. The van der Waals surface area contributed by atoms with Gasteiger partial charge in [0.05, 0.1) is 22.5 Å². The Morgan fingerprint density at radius 1 is 1.38 bits per heavy atom. The van der Waals surface area contributed by atoms with Crippen LogP contribution in [0.4, 0.5) is 13.2 Å². The summed E-state index contributed by atoms with van der Waals surface area (Å²) in [5, 5.41) is 7.53. The fourth-order valence-electron chi connectivity index (χ4n) is 2.07. The highest BCUT2D eigenvalue weighted by atomic mass is 79.9. The molecule has 0 aliphatic heterocycles. The van der Waals surface area contributed by atoms with Crippen molar-refractivity contribution in [1.29, 1.82) is 0 Å². The number of nitrogens with one attached hydrogen (secondary N) is 1. The Balaban J connectivity index is 2.68. The molecular formula is C13H21BrF3N3O. The molecule has 122 valence electrons. The van der Waals surface area contributed by atoms with Crippen LogP contribution < -0.4 is 5.32 Å². The van der Waals surface area contributed by atoms with Gasteiger partial charge in [-0.1, -0.05) is 13.8 Å². The largest absolute Gasteiger partial charge is 0.411 e. The molecule has 0 saturated heterocycles. The van der Waals surface area contributed by atoms with E-state index in [1.54, 1.807) is 4.68 Å². The van der Waals surface area contributed by atoms with Crippen molar-refractivity contribution in [3.63, 3.8) is 0 Å². The van der Waals surface area contributed by atoms with Crippen LogP contribution in [-0.2, 0) is 24.6 Å². The van der Waals surface area contributed by atoms with Crippen LogP contribution in [0.25, 0.3) is 0 Å². The van der Waals surface area contributed by atoms with Crippen LogP contribution in [-0.4, -0.2) is 41.8 Å². The van der Waals surface area contributed by atoms with Crippen LogP contribution in [0, 0.1) is 0 Å². The van der Waals surface area contributed by atoms with E-state index in [9.17, 15) is 13.2 Å². The average molecular weight is 372 g/mol. The highest BCUT2D eigenvalue weighted by Crippen LogP contribution is 2.23. The van der Waals surface area contributed by atoms with Gasteiger partial charge in [0.15, 0.2) is 0 Å². The van der Waals surface area contributed by atoms with E-state index in [4.69, 9.17) is 4.74 Å². The molecule has 1 rings (SSSR count). The molecule has 0 spiro atoms. The molecule has 0 radical (unpaired) electrons. The molecule has 4 nitrogen and oxygen atoms in total. The van der Waals surface area contributed by atoms with Gasteiger partial charge in [0.1, 0.15) is 6.61 Å². The van der Waals surface area contributed by atoms with E-state index in [1.807, 2.05) is 20.9 Å². The number of alkyl halides is 3. The van der Waals surface area contributed by atoms with Crippen molar-refractivity contribution in [2.75, 3.05) is 19.8 Å². The lowest BCUT2D eigenvalue weighted by Crippen LogP contribution is -2.37. The monoisotopic (exact) mass is 371 g/mol. The normalized spacial score (nSPS) is 13.7. The summed E-state index contributed by atoms with van der Waals surface area (Å²) >= 11 is 3.51. The maximum atomic E-state index is 12.1. The van der Waals surface area contributed by atoms with Crippen molar-refractivity contribution in [2.24, 2.45) is 7.05 Å². The van der Waals surface area contributed by atoms with Crippen molar-refractivity contribution in [3.05, 3.63) is 15.9 Å². The Kier molecular flexibility index (Phi) is 7.15. The first kappa shape index (κ1) is 18.4. The predicted molar refractivity (Wildman–Crippen MR) is 78.3 cm³/mol. The number of hydrogen-bond acceptors (Lipinski definition) is 3. The number of ether oxygens (including phenoxy) is 1. The number of aryl methyl sites for hydroxylation is 2. The third kappa shape index (κ3) is 5.96. The number of hydrogen-bond donors (Lipinski definition) is 1. The Bertz CT molecular complexity index is 449. The van der Waals surface area contributed by atoms with Crippen LogP contribution in [0.3, 0.4) is 0 Å². The zero-order chi connectivity index (χ0) is 16.0. The number of likely N-dealkylation sites (N-methyl/N-ethyl adjacent to an activating group) is 1. The highest BCUT2D eigenvalue weighted by Gasteiger charge is 2.28. The molecule has 1 aromatic heterocycles. The smallest absolute Gasteiger partial charge is 0.370 e. The Hall–Kier alpha value is -0.600. The first-order valence-electron chi connectivity index (χ1n) is 6.86. The molecule has 0 fully saturated rings. The molecule has 1 atom stereocenters. The number of halogens is 4. The highest BCUT2D eigenvalue weighted by molar-refractivity contribution is 9.10. The molecule has 0 bridgehead atoms. The van der Waals surface area contributed by atoms with Crippen molar-refractivity contribution in [1.82, 2.24) is 15.1 Å². The molecule has 0 saturated carbocycles. The second-order valence-electron chi connectivity index (χ2n) is 4.77. The van der Waals surface area contributed by atoms with Gasteiger partial charge >= 0.3 is 6.18 Å². The lowest BCUT2D eigenvalue weighted by molar-refractivity contribution is -0.175. The van der Waals surface area contributed by atoms with Gasteiger partial charge in [-0.3, -0.25) is 4.68 Å². The molecule has 1 unspecified atom stereocenters. The second-order valence-corrected chi connectivity index (χ2v) is 5.57. The lowest BCUT2D eigenvalue weighted by atomic mass is 10.1. The fourth-order valence-corrected chi connectivity index (χ4v) is 2.85. The van der Waals surface area contributed by atoms with Crippen molar-refractivity contribution in [3.8, 4) is 0 Å². The van der Waals surface area contributed by atoms with Gasteiger partial charge in [0, 0.05) is 19.5 Å². The zero-order valence-electron chi connectivity index (χ0n) is 12.4. The number of nitrogens with zero attached hydrogens (tertiary/aromatic N) is 2. The van der Waals surface area contributed by atoms with E-state index in [0.29, 0.717) is 13.0 Å². The first-order valence-corrected chi connectivity index (χ1v) is 7.65. The summed E-state index contributed by atoms with van der Waals surface area (Å²) in [5.41, 5.74) is 1.90. The van der Waals surface area contributed by atoms with Crippen molar-refractivity contribution >= 4 is 15.9 Å². The van der Waals surface area contributed by atoms with Crippen LogP contribution in [0.15, 0.2) is 4.47 Å². The maximum Gasteiger partial charge on any atom is 0.411 e. The fraction of sp³-hybridized carbons (Fsp3) is 0.769. The van der Waals surface area contributed by atoms with Gasteiger partial charge < -0.3 is 10.1 Å². The molecule has 1 heterocycles. The zero-order valence-corrected chi connectivity index (χ0v) is 14.0. The molecule has 8 heteroatoms. The molecule has 21 heavy (non-hydrogen) atoms. The maximum absolute atomic E-state index is 12.1. The van der Waals surface area contributed by atoms with Crippen molar-refractivity contribution in [2.45, 2.75) is 38.9 Å². The van der Waals surface area contributed by atoms with Gasteiger partial charge in [0.25, 0.3) is 0 Å². The Labute approximate surface area is 131 Å². The van der Waals surface area contributed by atoms with Crippen LogP contribution >= 0.6 is 15.9 Å². The summed E-state index contributed by atoms with van der Waals surface area (Å²) in [6, 6.07) is -0.186. The van der Waals surface area contributed by atoms with Gasteiger partial charge in [-0.2, -0.15) is 18.3 Å². The number of rotatable bonds is 8. The Morgan fingerprint density at radius 2 is 2.05 bits per heavy atom. The van der Waals surface area contributed by atoms with Crippen molar-refractivity contribution < 1.29 is 17.9 Å². The van der Waals surface area contributed by atoms with Gasteiger partial charge in [0.2, 0.25) is 0 Å². The third-order valence-electron chi connectivity index (χ3n) is 3.02. The lowest BCUT2D eigenvalue weighted by Gasteiger charge is -2.19. The van der Waals surface area contributed by atoms with Gasteiger partial charge in [-0.25, -0.2) is 0 Å². The van der Waals surface area contributed by atoms with Crippen LogP contribution in [0.2, 0.25) is 0 Å². The summed E-state index contributed by atoms with van der Waals surface area (Å²) in [5.74, 6) is 0. The summed E-state index contributed by atoms with van der Waals surface area (Å²) in [4.78, 5) is 0. The van der Waals surface area contributed by atoms with E-state index in [0.717, 1.165) is 22.3 Å². The summed E-state index contributed by atoms with van der Waals surface area (Å²) in [6.07, 6.45) is -2.94. The predicted octanol–water partition coefficient (Wildman–Crippen LogP) is 2.84. The summed E-state index contributed by atoms with van der Waals surface area (Å²) in [6.45, 7) is 3.36. The summed E-state index contributed by atoms with van der Waals surface area (Å²) in [7, 11) is 1.83. The van der Waals surface area contributed by atoms with E-state index in [2.05, 4.69) is 26.3 Å². The van der Waals surface area contributed by atoms with E-state index in [1.165, 1.54) is 0 Å². The third-order valence-corrected chi connectivity index (χ3v) is 3.94. The quantitative estimate of drug-likeness (QED) is 0.763. The molecule has 1 N–H and O–H groups in total. The molecule has 0 aromatic carbocycles. The molecule has 0 aliphatic rings. The topological polar surface area (TPSA) is 39.1 Å². The Morgan fingerprint density at radius 3 is 2.52 bits per heavy atom. The standard InChI is InChI=1S/C13H21BrF3N3O/c1-4-10-12(14)11(20(3)19-10)6-9(18-5-2)7-21-8-13(15,16)17/h9,18H,4-8H2,1-3H3. The van der Waals surface area contributed by atoms with E-state index >= 15 is 0 Å². The summed E-state index contributed by atoms with van der Waals surface area (Å²) < 4.78 is 43.8. The minimum atomic E-state index is -4.29. The first-order chi connectivity index (χ1) is 9.78. The molecule has 0 amide bonds.